The number of sulfonamides is 1. The lowest BCUT2D eigenvalue weighted by Gasteiger charge is -2.31. The van der Waals surface area contributed by atoms with Gasteiger partial charge in [-0.25, -0.2) is 8.42 Å². The van der Waals surface area contributed by atoms with Crippen LogP contribution in [0.1, 0.15) is 12.8 Å². The van der Waals surface area contributed by atoms with Gasteiger partial charge in [0.1, 0.15) is 10.6 Å². The second-order valence-corrected chi connectivity index (χ2v) is 7.78. The number of rotatable bonds is 7. The number of hydrogen-bond donors (Lipinski definition) is 2. The van der Waals surface area contributed by atoms with E-state index in [-0.39, 0.29) is 47.7 Å². The Kier molecular flexibility index (Phi) is 8.41. The summed E-state index contributed by atoms with van der Waals surface area (Å²) < 4.78 is 32.2. The van der Waals surface area contributed by atoms with Crippen molar-refractivity contribution in [2.24, 2.45) is 11.7 Å². The average Bonchev–Trinajstić information content (AvgIpc) is 2.65. The van der Waals surface area contributed by atoms with Gasteiger partial charge in [-0.3, -0.25) is 14.9 Å². The number of carbonyl (C=O) groups excluding carboxylic acids is 1. The summed E-state index contributed by atoms with van der Waals surface area (Å²) in [6, 6.07) is 3.41. The van der Waals surface area contributed by atoms with Gasteiger partial charge in [-0.2, -0.15) is 4.31 Å². The van der Waals surface area contributed by atoms with E-state index < -0.39 is 20.9 Å². The van der Waals surface area contributed by atoms with Crippen LogP contribution in [-0.4, -0.2) is 56.8 Å². The molecule has 10 nitrogen and oxygen atoms in total. The number of carbonyl (C=O) groups is 1. The van der Waals surface area contributed by atoms with Gasteiger partial charge in [0, 0.05) is 38.3 Å². The van der Waals surface area contributed by atoms with Crippen molar-refractivity contribution in [1.29, 1.82) is 0 Å². The Morgan fingerprint density at radius 1 is 1.48 bits per heavy atom. The molecule has 1 atom stereocenters. The zero-order valence-electron chi connectivity index (χ0n) is 14.8. The summed E-state index contributed by atoms with van der Waals surface area (Å²) in [4.78, 5) is 22.2. The largest absolute Gasteiger partial charge is 0.495 e. The van der Waals surface area contributed by atoms with E-state index >= 15 is 0 Å². The van der Waals surface area contributed by atoms with Gasteiger partial charge >= 0.3 is 0 Å². The fourth-order valence-corrected chi connectivity index (χ4v) is 4.53. The molecule has 1 aromatic carbocycles. The van der Waals surface area contributed by atoms with Gasteiger partial charge < -0.3 is 15.8 Å². The fourth-order valence-electron chi connectivity index (χ4n) is 2.83. The number of nitrogens with one attached hydrogen (secondary N) is 1. The van der Waals surface area contributed by atoms with E-state index in [2.05, 4.69) is 5.32 Å². The van der Waals surface area contributed by atoms with Crippen LogP contribution in [0.15, 0.2) is 23.1 Å². The Balaban J connectivity index is 0.00000364. The molecule has 1 aliphatic heterocycles. The molecule has 1 aromatic rings. The second kappa shape index (κ2) is 9.83. The number of nitrogens with zero attached hydrogens (tertiary/aromatic N) is 2. The molecular formula is C15H23ClN4O6S. The van der Waals surface area contributed by atoms with Gasteiger partial charge in [0.25, 0.3) is 5.69 Å². The molecule has 1 aliphatic rings. The number of hydrogen-bond acceptors (Lipinski definition) is 7. The Hall–Kier alpha value is -1.95. The van der Waals surface area contributed by atoms with Crippen LogP contribution in [0.3, 0.4) is 0 Å². The number of nitro benzene ring substituents is 1. The van der Waals surface area contributed by atoms with Gasteiger partial charge in [-0.05, 0) is 18.9 Å². The molecule has 1 heterocycles. The minimum absolute atomic E-state index is 0. The molecule has 1 saturated heterocycles. The second-order valence-electron chi connectivity index (χ2n) is 5.87. The van der Waals surface area contributed by atoms with E-state index in [4.69, 9.17) is 10.5 Å². The third-order valence-electron chi connectivity index (χ3n) is 4.17. The highest BCUT2D eigenvalue weighted by atomic mass is 35.5. The minimum atomic E-state index is -4.05. The number of nitrogens with two attached hydrogens (primary N) is 1. The summed E-state index contributed by atoms with van der Waals surface area (Å²) in [5, 5.41) is 13.7. The van der Waals surface area contributed by atoms with E-state index in [0.717, 1.165) is 6.07 Å². The quantitative estimate of drug-likeness (QED) is 0.480. The summed E-state index contributed by atoms with van der Waals surface area (Å²) in [6.45, 7) is 0.853. The highest BCUT2D eigenvalue weighted by Crippen LogP contribution is 2.32. The minimum Gasteiger partial charge on any atom is -0.495 e. The van der Waals surface area contributed by atoms with Gasteiger partial charge in [-0.15, -0.1) is 12.4 Å². The van der Waals surface area contributed by atoms with Crippen LogP contribution >= 0.6 is 12.4 Å². The molecule has 12 heteroatoms. The number of halogens is 1. The standard InChI is InChI=1S/C15H22N4O6S.ClH/c1-25-13-5-4-12(19(21)22)9-14(13)26(23,24)18-8-2-3-11(10-18)15(20)17-7-6-16;/h4-5,9,11H,2-3,6-8,10,16H2,1H3,(H,17,20);1H. The first-order valence-electron chi connectivity index (χ1n) is 8.11. The number of nitro groups is 1. The number of methoxy groups -OCH3 is 1. The maximum Gasteiger partial charge on any atom is 0.271 e. The average molecular weight is 423 g/mol. The first-order chi connectivity index (χ1) is 12.3. The monoisotopic (exact) mass is 422 g/mol. The van der Waals surface area contributed by atoms with Crippen LogP contribution < -0.4 is 15.8 Å². The van der Waals surface area contributed by atoms with Crippen LogP contribution in [0, 0.1) is 16.0 Å². The van der Waals surface area contributed by atoms with E-state index in [1.807, 2.05) is 0 Å². The van der Waals surface area contributed by atoms with Gasteiger partial charge in [0.15, 0.2) is 0 Å². The molecule has 0 radical (unpaired) electrons. The summed E-state index contributed by atoms with van der Waals surface area (Å²) in [6.07, 6.45) is 1.08. The first kappa shape index (κ1) is 23.1. The van der Waals surface area contributed by atoms with Crippen molar-refractivity contribution in [3.05, 3.63) is 28.3 Å². The highest BCUT2D eigenvalue weighted by molar-refractivity contribution is 7.89. The van der Waals surface area contributed by atoms with Crippen LogP contribution in [-0.2, 0) is 14.8 Å². The summed E-state index contributed by atoms with van der Waals surface area (Å²) in [7, 11) is -2.76. The Labute approximate surface area is 163 Å². The molecule has 27 heavy (non-hydrogen) atoms. The zero-order valence-corrected chi connectivity index (χ0v) is 16.4. The van der Waals surface area contributed by atoms with Crippen molar-refractivity contribution in [1.82, 2.24) is 9.62 Å². The number of benzene rings is 1. The molecule has 1 amide bonds. The van der Waals surface area contributed by atoms with Gasteiger partial charge in [0.05, 0.1) is 18.0 Å². The molecule has 3 N–H and O–H groups in total. The van der Waals surface area contributed by atoms with Crippen molar-refractivity contribution >= 4 is 34.0 Å². The highest BCUT2D eigenvalue weighted by Gasteiger charge is 2.35. The van der Waals surface area contributed by atoms with E-state index in [9.17, 15) is 23.3 Å². The van der Waals surface area contributed by atoms with Crippen LogP contribution in [0.25, 0.3) is 0 Å². The van der Waals surface area contributed by atoms with Crippen LogP contribution in [0.4, 0.5) is 5.69 Å². The molecule has 0 spiro atoms. The van der Waals surface area contributed by atoms with Crippen molar-refractivity contribution in [3.63, 3.8) is 0 Å². The molecule has 152 valence electrons. The summed E-state index contributed by atoms with van der Waals surface area (Å²) >= 11 is 0. The normalized spacial score (nSPS) is 17.6. The predicted octanol–water partition coefficient (Wildman–Crippen LogP) is 0.501. The molecule has 0 aliphatic carbocycles. The summed E-state index contributed by atoms with van der Waals surface area (Å²) in [5.74, 6) is -0.721. The molecule has 0 bridgehead atoms. The van der Waals surface area contributed by atoms with E-state index in [1.165, 1.54) is 23.5 Å². The van der Waals surface area contributed by atoms with Crippen molar-refractivity contribution < 1.29 is 22.9 Å². The third kappa shape index (κ3) is 5.28. The fraction of sp³-hybridized carbons (Fsp3) is 0.533. The van der Waals surface area contributed by atoms with Crippen molar-refractivity contribution in [3.8, 4) is 5.75 Å². The lowest BCUT2D eigenvalue weighted by atomic mass is 9.99. The zero-order chi connectivity index (χ0) is 19.3. The topological polar surface area (TPSA) is 145 Å². The van der Waals surface area contributed by atoms with Crippen LogP contribution in [0.2, 0.25) is 0 Å². The number of piperidine rings is 1. The van der Waals surface area contributed by atoms with Crippen molar-refractivity contribution in [2.45, 2.75) is 17.7 Å². The maximum atomic E-state index is 13.0. The molecule has 0 saturated carbocycles. The predicted molar refractivity (Wildman–Crippen MR) is 100 cm³/mol. The number of non-ortho nitro benzene ring substituents is 1. The van der Waals surface area contributed by atoms with E-state index in [0.29, 0.717) is 25.9 Å². The van der Waals surface area contributed by atoms with Crippen LogP contribution in [0.5, 0.6) is 5.75 Å². The van der Waals surface area contributed by atoms with Gasteiger partial charge in [0.2, 0.25) is 15.9 Å². The molecule has 0 aromatic heterocycles. The summed E-state index contributed by atoms with van der Waals surface area (Å²) in [5.41, 5.74) is 5.01. The Morgan fingerprint density at radius 2 is 2.19 bits per heavy atom. The number of amides is 1. The number of ether oxygens (including phenoxy) is 1. The van der Waals surface area contributed by atoms with E-state index in [1.54, 1.807) is 0 Å². The molecule has 1 unspecified atom stereocenters. The smallest absolute Gasteiger partial charge is 0.271 e. The Morgan fingerprint density at radius 3 is 2.78 bits per heavy atom. The molecule has 1 fully saturated rings. The maximum absolute atomic E-state index is 13.0. The lowest BCUT2D eigenvalue weighted by molar-refractivity contribution is -0.385. The van der Waals surface area contributed by atoms with Crippen molar-refractivity contribution in [2.75, 3.05) is 33.3 Å². The SMILES string of the molecule is COc1ccc([N+](=O)[O-])cc1S(=O)(=O)N1CCCC(C(=O)NCCN)C1.Cl. The molecule has 2 rings (SSSR count). The Bertz CT molecular complexity index is 789. The third-order valence-corrected chi connectivity index (χ3v) is 6.06. The molecular weight excluding hydrogens is 400 g/mol. The lowest BCUT2D eigenvalue weighted by Crippen LogP contribution is -2.46. The first-order valence-corrected chi connectivity index (χ1v) is 9.55. The van der Waals surface area contributed by atoms with Gasteiger partial charge in [-0.1, -0.05) is 0 Å².